The molecule has 0 bridgehead atoms. The second-order valence-corrected chi connectivity index (χ2v) is 5.48. The van der Waals surface area contributed by atoms with Gasteiger partial charge in [0.25, 0.3) is 5.91 Å². The Labute approximate surface area is 112 Å². The minimum Gasteiger partial charge on any atom is -0.477 e. The van der Waals surface area contributed by atoms with Crippen molar-refractivity contribution in [2.45, 2.75) is 46.1 Å². The molecule has 104 valence electrons. The van der Waals surface area contributed by atoms with Gasteiger partial charge in [-0.1, -0.05) is 12.8 Å². The molecule has 0 aromatic carbocycles. The van der Waals surface area contributed by atoms with E-state index in [4.69, 9.17) is 5.11 Å². The molecule has 1 aliphatic rings. The van der Waals surface area contributed by atoms with Crippen LogP contribution in [0.5, 0.6) is 0 Å². The van der Waals surface area contributed by atoms with Gasteiger partial charge in [0.15, 0.2) is 0 Å². The van der Waals surface area contributed by atoms with Crippen molar-refractivity contribution < 1.29 is 14.7 Å². The zero-order chi connectivity index (χ0) is 14.2. The van der Waals surface area contributed by atoms with Crippen molar-refractivity contribution in [1.82, 2.24) is 10.3 Å². The molecule has 1 saturated carbocycles. The van der Waals surface area contributed by atoms with Crippen molar-refractivity contribution in [3.8, 4) is 0 Å². The molecule has 1 amide bonds. The molecule has 0 spiro atoms. The summed E-state index contributed by atoms with van der Waals surface area (Å²) >= 11 is 0. The Morgan fingerprint density at radius 3 is 2.53 bits per heavy atom. The van der Waals surface area contributed by atoms with Crippen LogP contribution in [0.2, 0.25) is 0 Å². The van der Waals surface area contributed by atoms with Crippen LogP contribution in [0, 0.1) is 19.8 Å². The summed E-state index contributed by atoms with van der Waals surface area (Å²) in [6, 6.07) is 0.127. The lowest BCUT2D eigenvalue weighted by Gasteiger charge is -2.13. The van der Waals surface area contributed by atoms with Gasteiger partial charge >= 0.3 is 5.97 Å². The van der Waals surface area contributed by atoms with Crippen LogP contribution >= 0.6 is 0 Å². The van der Waals surface area contributed by atoms with Crippen molar-refractivity contribution in [3.63, 3.8) is 0 Å². The predicted molar refractivity (Wildman–Crippen MR) is 71.5 cm³/mol. The maximum absolute atomic E-state index is 12.2. The number of aryl methyl sites for hydroxylation is 1. The Morgan fingerprint density at radius 1 is 1.42 bits per heavy atom. The minimum atomic E-state index is -1.04. The molecule has 0 radical (unpaired) electrons. The highest BCUT2D eigenvalue weighted by atomic mass is 16.4. The smallest absolute Gasteiger partial charge is 0.352 e. The van der Waals surface area contributed by atoms with E-state index in [1.165, 1.54) is 12.8 Å². The largest absolute Gasteiger partial charge is 0.477 e. The van der Waals surface area contributed by atoms with E-state index in [1.807, 2.05) is 6.92 Å². The molecule has 1 aromatic heterocycles. The quantitative estimate of drug-likeness (QED) is 0.762. The first-order valence-electron chi connectivity index (χ1n) is 6.63. The summed E-state index contributed by atoms with van der Waals surface area (Å²) in [5, 5.41) is 12.0. The molecule has 1 aromatic rings. The molecule has 1 aliphatic carbocycles. The Morgan fingerprint density at radius 2 is 2.05 bits per heavy atom. The summed E-state index contributed by atoms with van der Waals surface area (Å²) < 4.78 is 0. The fraction of sp³-hybridized carbons (Fsp3) is 0.571. The number of hydrogen-bond donors (Lipinski definition) is 3. The molecule has 2 rings (SSSR count). The molecule has 0 saturated heterocycles. The van der Waals surface area contributed by atoms with Crippen LogP contribution in [0.3, 0.4) is 0 Å². The number of aromatic nitrogens is 1. The third-order valence-electron chi connectivity index (χ3n) is 3.64. The standard InChI is InChI=1S/C14H20N2O3/c1-7(6-10-4-5-10)15-13(17)11-8(2)12(14(18)19)16-9(11)3/h7,10,16H,4-6H2,1-3H3,(H,15,17)(H,18,19). The van der Waals surface area contributed by atoms with Crippen molar-refractivity contribution >= 4 is 11.9 Å². The Hall–Kier alpha value is -1.78. The van der Waals surface area contributed by atoms with Crippen LogP contribution in [0.25, 0.3) is 0 Å². The number of H-pyrrole nitrogens is 1. The van der Waals surface area contributed by atoms with Gasteiger partial charge in [-0.2, -0.15) is 0 Å². The molecule has 1 fully saturated rings. The highest BCUT2D eigenvalue weighted by Gasteiger charge is 2.26. The van der Waals surface area contributed by atoms with Crippen LogP contribution in [-0.2, 0) is 0 Å². The number of hydrogen-bond acceptors (Lipinski definition) is 2. The number of carbonyl (C=O) groups excluding carboxylic acids is 1. The number of carboxylic acids is 1. The lowest BCUT2D eigenvalue weighted by atomic mass is 10.1. The summed E-state index contributed by atoms with van der Waals surface area (Å²) in [6.45, 7) is 5.37. The highest BCUT2D eigenvalue weighted by molar-refractivity contribution is 6.00. The number of amides is 1. The first-order chi connectivity index (χ1) is 8.90. The minimum absolute atomic E-state index is 0.0949. The van der Waals surface area contributed by atoms with E-state index >= 15 is 0 Å². The van der Waals surface area contributed by atoms with Crippen molar-refractivity contribution in [2.75, 3.05) is 0 Å². The van der Waals surface area contributed by atoms with Gasteiger partial charge in [0.05, 0.1) is 5.56 Å². The monoisotopic (exact) mass is 264 g/mol. The summed E-state index contributed by atoms with van der Waals surface area (Å²) in [7, 11) is 0. The van der Waals surface area contributed by atoms with Crippen molar-refractivity contribution in [2.24, 2.45) is 5.92 Å². The SMILES string of the molecule is Cc1[nH]c(C(=O)O)c(C)c1C(=O)NC(C)CC1CC1. The third kappa shape index (κ3) is 2.97. The first kappa shape index (κ1) is 13.6. The predicted octanol–water partition coefficient (Wildman–Crippen LogP) is 2.25. The average molecular weight is 264 g/mol. The maximum Gasteiger partial charge on any atom is 0.352 e. The van der Waals surface area contributed by atoms with Crippen LogP contribution in [0.4, 0.5) is 0 Å². The lowest BCUT2D eigenvalue weighted by molar-refractivity contribution is 0.0690. The number of aromatic amines is 1. The molecule has 3 N–H and O–H groups in total. The first-order valence-corrected chi connectivity index (χ1v) is 6.63. The van der Waals surface area contributed by atoms with Crippen LogP contribution in [0.15, 0.2) is 0 Å². The second-order valence-electron chi connectivity index (χ2n) is 5.48. The van der Waals surface area contributed by atoms with Crippen molar-refractivity contribution in [3.05, 3.63) is 22.5 Å². The molecule has 5 nitrogen and oxygen atoms in total. The van der Waals surface area contributed by atoms with Gasteiger partial charge in [-0.15, -0.1) is 0 Å². The van der Waals surface area contributed by atoms with Gasteiger partial charge in [0.1, 0.15) is 5.69 Å². The zero-order valence-electron chi connectivity index (χ0n) is 11.5. The number of nitrogens with one attached hydrogen (secondary N) is 2. The molecule has 5 heteroatoms. The van der Waals surface area contributed by atoms with Gasteiger partial charge in [-0.25, -0.2) is 4.79 Å². The zero-order valence-corrected chi connectivity index (χ0v) is 11.5. The van der Waals surface area contributed by atoms with E-state index in [9.17, 15) is 9.59 Å². The normalized spacial score (nSPS) is 16.2. The van der Waals surface area contributed by atoms with Gasteiger partial charge in [0.2, 0.25) is 0 Å². The van der Waals surface area contributed by atoms with Gasteiger partial charge in [-0.05, 0) is 38.7 Å². The molecule has 0 aliphatic heterocycles. The molecule has 1 unspecified atom stereocenters. The Kier molecular flexibility index (Phi) is 3.64. The van der Waals surface area contributed by atoms with Crippen LogP contribution < -0.4 is 5.32 Å². The van der Waals surface area contributed by atoms with Gasteiger partial charge < -0.3 is 15.4 Å². The topological polar surface area (TPSA) is 82.2 Å². The number of carboxylic acid groups (broad SMARTS) is 1. The van der Waals surface area contributed by atoms with Crippen LogP contribution in [-0.4, -0.2) is 28.0 Å². The maximum atomic E-state index is 12.2. The highest BCUT2D eigenvalue weighted by Crippen LogP contribution is 2.33. The molecular formula is C14H20N2O3. The second kappa shape index (κ2) is 5.07. The van der Waals surface area contributed by atoms with E-state index in [2.05, 4.69) is 10.3 Å². The number of rotatable bonds is 5. The van der Waals surface area contributed by atoms with E-state index < -0.39 is 5.97 Å². The summed E-state index contributed by atoms with van der Waals surface area (Å²) in [6.07, 6.45) is 3.51. The molecule has 1 heterocycles. The Bertz CT molecular complexity index is 515. The lowest BCUT2D eigenvalue weighted by Crippen LogP contribution is -2.33. The Balaban J connectivity index is 2.11. The van der Waals surface area contributed by atoms with Crippen LogP contribution in [0.1, 0.15) is 58.3 Å². The molecule has 19 heavy (non-hydrogen) atoms. The average Bonchev–Trinajstić information content (AvgIpc) is 3.03. The van der Waals surface area contributed by atoms with E-state index in [0.717, 1.165) is 12.3 Å². The van der Waals surface area contributed by atoms with E-state index in [-0.39, 0.29) is 17.6 Å². The van der Waals surface area contributed by atoms with E-state index in [1.54, 1.807) is 13.8 Å². The summed E-state index contributed by atoms with van der Waals surface area (Å²) in [5.41, 5.74) is 1.66. The number of carbonyl (C=O) groups is 2. The fourth-order valence-corrected chi connectivity index (χ4v) is 2.51. The number of aromatic carboxylic acids is 1. The third-order valence-corrected chi connectivity index (χ3v) is 3.64. The van der Waals surface area contributed by atoms with E-state index in [0.29, 0.717) is 16.8 Å². The molecule has 1 atom stereocenters. The summed E-state index contributed by atoms with van der Waals surface area (Å²) in [4.78, 5) is 26.0. The van der Waals surface area contributed by atoms with Gasteiger partial charge in [0, 0.05) is 11.7 Å². The van der Waals surface area contributed by atoms with Gasteiger partial charge in [-0.3, -0.25) is 4.79 Å². The summed E-state index contributed by atoms with van der Waals surface area (Å²) in [5.74, 6) is -0.476. The van der Waals surface area contributed by atoms with Crippen molar-refractivity contribution in [1.29, 1.82) is 0 Å². The fourth-order valence-electron chi connectivity index (χ4n) is 2.51. The molecular weight excluding hydrogens is 244 g/mol.